The zero-order chi connectivity index (χ0) is 14.7. The molecule has 0 heterocycles. The maximum absolute atomic E-state index is 13.8. The molecule has 0 saturated carbocycles. The average molecular weight is 273 g/mol. The summed E-state index contributed by atoms with van der Waals surface area (Å²) in [5.41, 5.74) is 2.42. The molecule has 2 rings (SSSR count). The number of aryl methyl sites for hydroxylation is 1. The van der Waals surface area contributed by atoms with Crippen molar-refractivity contribution in [3.05, 3.63) is 59.4 Å². The summed E-state index contributed by atoms with van der Waals surface area (Å²) in [7, 11) is 0. The molecule has 0 unspecified atom stereocenters. The van der Waals surface area contributed by atoms with E-state index in [1.54, 1.807) is 6.07 Å². The van der Waals surface area contributed by atoms with Gasteiger partial charge in [-0.2, -0.15) is 0 Å². The number of hydrogen-bond acceptors (Lipinski definition) is 2. The van der Waals surface area contributed by atoms with Crippen LogP contribution in [0.25, 0.3) is 0 Å². The normalized spacial score (nSPS) is 10.3. The van der Waals surface area contributed by atoms with Crippen molar-refractivity contribution in [2.24, 2.45) is 0 Å². The highest BCUT2D eigenvalue weighted by atomic mass is 19.1. The first kappa shape index (κ1) is 14.1. The first-order valence-electron chi connectivity index (χ1n) is 6.40. The van der Waals surface area contributed by atoms with Crippen LogP contribution < -0.4 is 4.90 Å². The fourth-order valence-electron chi connectivity index (χ4n) is 2.08. The molecule has 0 fully saturated rings. The molecule has 0 aromatic heterocycles. The molecule has 0 aliphatic heterocycles. The zero-order valence-electron chi connectivity index (χ0n) is 11.4. The predicted molar refractivity (Wildman–Crippen MR) is 77.2 cm³/mol. The molecule has 0 amide bonds. The van der Waals surface area contributed by atoms with Crippen molar-refractivity contribution in [3.8, 4) is 0 Å². The Labute approximate surface area is 117 Å². The third kappa shape index (κ3) is 2.79. The second kappa shape index (κ2) is 5.74. The van der Waals surface area contributed by atoms with Gasteiger partial charge in [-0.25, -0.2) is 9.18 Å². The molecule has 20 heavy (non-hydrogen) atoms. The highest BCUT2D eigenvalue weighted by Crippen LogP contribution is 2.27. The second-order valence-corrected chi connectivity index (χ2v) is 4.55. The molecule has 1 N–H and O–H groups in total. The highest BCUT2D eigenvalue weighted by molar-refractivity contribution is 5.88. The van der Waals surface area contributed by atoms with Crippen molar-refractivity contribution >= 4 is 17.3 Å². The van der Waals surface area contributed by atoms with Crippen molar-refractivity contribution in [1.82, 2.24) is 0 Å². The van der Waals surface area contributed by atoms with Crippen LogP contribution in [0.3, 0.4) is 0 Å². The van der Waals surface area contributed by atoms with Crippen LogP contribution in [-0.4, -0.2) is 17.6 Å². The Bertz CT molecular complexity index is 623. The molecule has 0 atom stereocenters. The topological polar surface area (TPSA) is 40.5 Å². The lowest BCUT2D eigenvalue weighted by Gasteiger charge is -2.23. The van der Waals surface area contributed by atoms with Crippen molar-refractivity contribution < 1.29 is 14.3 Å². The van der Waals surface area contributed by atoms with E-state index < -0.39 is 11.8 Å². The number of carboxylic acids is 1. The Kier molecular flexibility index (Phi) is 4.03. The summed E-state index contributed by atoms with van der Waals surface area (Å²) in [4.78, 5) is 12.8. The smallest absolute Gasteiger partial charge is 0.338 e. The largest absolute Gasteiger partial charge is 0.478 e. The number of benzene rings is 2. The maximum atomic E-state index is 13.8. The van der Waals surface area contributed by atoms with E-state index in [4.69, 9.17) is 5.11 Å². The van der Waals surface area contributed by atoms with E-state index in [-0.39, 0.29) is 5.56 Å². The fraction of sp³-hybridized carbons (Fsp3) is 0.188. The van der Waals surface area contributed by atoms with E-state index >= 15 is 0 Å². The van der Waals surface area contributed by atoms with E-state index in [2.05, 4.69) is 0 Å². The van der Waals surface area contributed by atoms with Gasteiger partial charge < -0.3 is 10.0 Å². The monoisotopic (exact) mass is 273 g/mol. The van der Waals surface area contributed by atoms with Crippen LogP contribution >= 0.6 is 0 Å². The number of rotatable bonds is 4. The molecule has 0 spiro atoms. The van der Waals surface area contributed by atoms with Gasteiger partial charge in [0.05, 0.1) is 5.56 Å². The third-order valence-electron chi connectivity index (χ3n) is 3.16. The molecule has 3 nitrogen and oxygen atoms in total. The highest BCUT2D eigenvalue weighted by Gasteiger charge is 2.14. The van der Waals surface area contributed by atoms with Gasteiger partial charge >= 0.3 is 5.97 Å². The average Bonchev–Trinajstić information content (AvgIpc) is 2.41. The maximum Gasteiger partial charge on any atom is 0.338 e. The second-order valence-electron chi connectivity index (χ2n) is 4.55. The van der Waals surface area contributed by atoms with Crippen LogP contribution in [0.15, 0.2) is 42.5 Å². The lowest BCUT2D eigenvalue weighted by atomic mass is 10.1. The summed E-state index contributed by atoms with van der Waals surface area (Å²) < 4.78 is 13.8. The summed E-state index contributed by atoms with van der Waals surface area (Å²) in [6.07, 6.45) is 0. The van der Waals surface area contributed by atoms with Gasteiger partial charge in [0.2, 0.25) is 0 Å². The van der Waals surface area contributed by atoms with Crippen LogP contribution in [-0.2, 0) is 0 Å². The minimum Gasteiger partial charge on any atom is -0.478 e. The van der Waals surface area contributed by atoms with Crippen LogP contribution in [0.2, 0.25) is 0 Å². The van der Waals surface area contributed by atoms with Gasteiger partial charge in [0.1, 0.15) is 5.82 Å². The Balaban J connectivity index is 2.39. The van der Waals surface area contributed by atoms with Gasteiger partial charge in [-0.1, -0.05) is 17.7 Å². The lowest BCUT2D eigenvalue weighted by Crippen LogP contribution is -2.16. The molecule has 2 aromatic rings. The van der Waals surface area contributed by atoms with Gasteiger partial charge in [-0.05, 0) is 44.2 Å². The molecule has 0 aliphatic carbocycles. The van der Waals surface area contributed by atoms with E-state index in [0.29, 0.717) is 12.2 Å². The number of carbonyl (C=O) groups is 1. The number of nitrogens with zero attached hydrogens (tertiary/aromatic N) is 1. The van der Waals surface area contributed by atoms with Gasteiger partial charge in [0.15, 0.2) is 0 Å². The van der Waals surface area contributed by atoms with Crippen molar-refractivity contribution in [1.29, 1.82) is 0 Å². The van der Waals surface area contributed by atoms with Gasteiger partial charge in [0.25, 0.3) is 0 Å². The molecule has 0 aliphatic rings. The molecule has 0 bridgehead atoms. The first-order valence-corrected chi connectivity index (χ1v) is 6.40. The molecule has 4 heteroatoms. The third-order valence-corrected chi connectivity index (χ3v) is 3.16. The zero-order valence-corrected chi connectivity index (χ0v) is 11.4. The molecule has 104 valence electrons. The lowest BCUT2D eigenvalue weighted by molar-refractivity contribution is 0.0692. The van der Waals surface area contributed by atoms with Crippen LogP contribution in [0.4, 0.5) is 15.8 Å². The number of aromatic carboxylic acids is 1. The summed E-state index contributed by atoms with van der Waals surface area (Å²) in [5, 5.41) is 8.85. The predicted octanol–water partition coefficient (Wildman–Crippen LogP) is 3.99. The number of hydrogen-bond donors (Lipinski definition) is 1. The fourth-order valence-corrected chi connectivity index (χ4v) is 2.08. The summed E-state index contributed by atoms with van der Waals surface area (Å²) >= 11 is 0. The first-order chi connectivity index (χ1) is 9.52. The molecule has 0 radical (unpaired) electrons. The summed E-state index contributed by atoms with van der Waals surface area (Å²) in [5.74, 6) is -1.98. The Hall–Kier alpha value is -2.36. The van der Waals surface area contributed by atoms with Crippen molar-refractivity contribution in [3.63, 3.8) is 0 Å². The minimum atomic E-state index is -1.26. The minimum absolute atomic E-state index is 0.311. The van der Waals surface area contributed by atoms with Crippen LogP contribution in [0.5, 0.6) is 0 Å². The number of anilines is 2. The van der Waals surface area contributed by atoms with Crippen LogP contribution in [0, 0.1) is 12.7 Å². The molecule has 0 saturated heterocycles. The summed E-state index contributed by atoms with van der Waals surface area (Å²) in [6, 6.07) is 12.1. The van der Waals surface area contributed by atoms with Crippen molar-refractivity contribution in [2.45, 2.75) is 13.8 Å². The standard InChI is InChI=1S/C16H16FNO2/c1-3-18(12-6-4-11(2)5-7-12)13-8-9-14(16(19)20)15(17)10-13/h4-10H,3H2,1-2H3,(H,19,20). The van der Waals surface area contributed by atoms with Gasteiger partial charge in [-0.15, -0.1) is 0 Å². The summed E-state index contributed by atoms with van der Waals surface area (Å²) in [6.45, 7) is 4.62. The van der Waals surface area contributed by atoms with Crippen LogP contribution in [0.1, 0.15) is 22.8 Å². The molecule has 2 aromatic carbocycles. The van der Waals surface area contributed by atoms with E-state index in [9.17, 15) is 9.18 Å². The number of halogens is 1. The quantitative estimate of drug-likeness (QED) is 0.915. The Morgan fingerprint density at radius 1 is 1.15 bits per heavy atom. The SMILES string of the molecule is CCN(c1ccc(C)cc1)c1ccc(C(=O)O)c(F)c1. The van der Waals surface area contributed by atoms with E-state index in [1.165, 1.54) is 12.1 Å². The van der Waals surface area contributed by atoms with Crippen molar-refractivity contribution in [2.75, 3.05) is 11.4 Å². The number of carboxylic acid groups (broad SMARTS) is 1. The Morgan fingerprint density at radius 2 is 1.75 bits per heavy atom. The van der Waals surface area contributed by atoms with Gasteiger partial charge in [-0.3, -0.25) is 0 Å². The van der Waals surface area contributed by atoms with Gasteiger partial charge in [0, 0.05) is 17.9 Å². The molecular formula is C16H16FNO2. The Morgan fingerprint density at radius 3 is 2.25 bits per heavy atom. The van der Waals surface area contributed by atoms with E-state index in [0.717, 1.165) is 11.3 Å². The van der Waals surface area contributed by atoms with E-state index in [1.807, 2.05) is 43.0 Å². The molecular weight excluding hydrogens is 257 g/mol.